The summed E-state index contributed by atoms with van der Waals surface area (Å²) in [6, 6.07) is 13.8. The summed E-state index contributed by atoms with van der Waals surface area (Å²) in [4.78, 5) is 12.7. The van der Waals surface area contributed by atoms with E-state index >= 15 is 0 Å². The van der Waals surface area contributed by atoms with Gasteiger partial charge in [0.25, 0.3) is 0 Å². The zero-order chi connectivity index (χ0) is 23.7. The third-order valence-electron chi connectivity index (χ3n) is 6.78. The minimum absolute atomic E-state index is 0. The maximum Gasteiger partial charge on any atom is 0.123 e. The van der Waals surface area contributed by atoms with E-state index in [-0.39, 0.29) is 30.6 Å². The molecule has 3 aliphatic heterocycles. The molecule has 194 valence electrons. The lowest BCUT2D eigenvalue weighted by molar-refractivity contribution is 0.208. The highest BCUT2D eigenvalue weighted by Gasteiger charge is 2.33. The molecule has 8 heteroatoms. The first kappa shape index (κ1) is 29.1. The van der Waals surface area contributed by atoms with Crippen LogP contribution in [0.2, 0.25) is 0 Å². The Kier molecular flexibility index (Phi) is 10.4. The van der Waals surface area contributed by atoms with Gasteiger partial charge in [0, 0.05) is 47.9 Å². The third kappa shape index (κ3) is 6.33. The van der Waals surface area contributed by atoms with Crippen LogP contribution in [-0.4, -0.2) is 42.6 Å². The molecule has 0 spiro atoms. The Morgan fingerprint density at radius 1 is 1.08 bits per heavy atom. The van der Waals surface area contributed by atoms with Crippen molar-refractivity contribution in [1.82, 2.24) is 9.88 Å². The van der Waals surface area contributed by atoms with E-state index in [0.29, 0.717) is 12.0 Å². The first-order valence-electron chi connectivity index (χ1n) is 12.1. The summed E-state index contributed by atoms with van der Waals surface area (Å²) in [6.45, 7) is 7.54. The quantitative estimate of drug-likeness (QED) is 0.280. The van der Waals surface area contributed by atoms with Crippen LogP contribution in [0, 0.1) is 11.7 Å². The van der Waals surface area contributed by atoms with Crippen LogP contribution in [0.15, 0.2) is 58.5 Å². The van der Waals surface area contributed by atoms with E-state index in [0.717, 1.165) is 50.2 Å². The van der Waals surface area contributed by atoms with Gasteiger partial charge in [0.1, 0.15) is 5.82 Å². The van der Waals surface area contributed by atoms with Crippen LogP contribution in [0.5, 0.6) is 0 Å². The lowest BCUT2D eigenvalue weighted by Gasteiger charge is -2.41. The molecule has 3 heterocycles. The summed E-state index contributed by atoms with van der Waals surface area (Å²) in [6.07, 6.45) is 7.35. The van der Waals surface area contributed by atoms with Crippen molar-refractivity contribution < 1.29 is 4.39 Å². The Balaban J connectivity index is 0.00000180. The van der Waals surface area contributed by atoms with E-state index in [9.17, 15) is 4.39 Å². The van der Waals surface area contributed by atoms with Gasteiger partial charge in [-0.05, 0) is 67.0 Å². The van der Waals surface area contributed by atoms with Crippen molar-refractivity contribution in [2.45, 2.75) is 44.0 Å². The molecule has 36 heavy (non-hydrogen) atoms. The molecule has 1 aromatic carbocycles. The number of hydrogen-bond donors (Lipinski definition) is 0. The molecule has 1 fully saturated rings. The average molecular weight is 567 g/mol. The normalized spacial score (nSPS) is 17.9. The number of anilines is 1. The van der Waals surface area contributed by atoms with Crippen molar-refractivity contribution >= 4 is 58.2 Å². The first-order chi connectivity index (χ1) is 16.5. The topological polar surface area (TPSA) is 19.4 Å². The lowest BCUT2D eigenvalue weighted by Crippen LogP contribution is -2.51. The van der Waals surface area contributed by atoms with E-state index in [1.165, 1.54) is 32.7 Å². The van der Waals surface area contributed by atoms with Crippen molar-refractivity contribution in [2.75, 3.05) is 31.6 Å². The largest absolute Gasteiger partial charge is 0.366 e. The first-order valence-corrected chi connectivity index (χ1v) is 14.3. The van der Waals surface area contributed by atoms with Crippen molar-refractivity contribution in [3.05, 3.63) is 70.5 Å². The highest BCUT2D eigenvalue weighted by atomic mass is 35.5. The highest BCUT2D eigenvalue weighted by molar-refractivity contribution is 8.78. The second kappa shape index (κ2) is 12.9. The SMILES string of the molecule is CC(C)CC1=Cc2c(c3ccccnc-3c2N2CCN(C)C(CCc3cccc(F)c3)C2)SS1.Cl.Cl. The number of piperazine rings is 1. The molecule has 0 amide bonds. The van der Waals surface area contributed by atoms with Gasteiger partial charge in [0.05, 0.1) is 11.4 Å². The van der Waals surface area contributed by atoms with Gasteiger partial charge < -0.3 is 4.90 Å². The zero-order valence-corrected chi connectivity index (χ0v) is 24.2. The fraction of sp³-hybridized carbons (Fsp3) is 0.393. The number of likely N-dealkylation sites (N-methyl/N-ethyl adjacent to an activating group) is 1. The number of benzene rings is 1. The molecule has 3 nitrogen and oxygen atoms in total. The van der Waals surface area contributed by atoms with Crippen LogP contribution in [-0.2, 0) is 6.42 Å². The minimum Gasteiger partial charge on any atom is -0.366 e. The monoisotopic (exact) mass is 565 g/mol. The summed E-state index contributed by atoms with van der Waals surface area (Å²) >= 11 is 0. The minimum atomic E-state index is -0.149. The van der Waals surface area contributed by atoms with Crippen molar-refractivity contribution in [2.24, 2.45) is 5.92 Å². The molecular formula is C28H34Cl2FN3S2. The van der Waals surface area contributed by atoms with Crippen molar-refractivity contribution in [1.29, 1.82) is 0 Å². The fourth-order valence-corrected chi connectivity index (χ4v) is 7.74. The number of rotatable bonds is 6. The standard InChI is InChI=1S/C28H32FN3S2.2ClH/c1-19(2)15-23-17-25-27(26-24(28(25)34-33-23)9-4-5-12-30-26)32-14-13-31(3)22(18-32)11-10-20-7-6-8-21(29)16-20;;/h4-9,12,16-17,19,22H,10-11,13-15,18H2,1-3H3;2*1H. The van der Waals surface area contributed by atoms with Gasteiger partial charge >= 0.3 is 0 Å². The predicted molar refractivity (Wildman–Crippen MR) is 160 cm³/mol. The van der Waals surface area contributed by atoms with Gasteiger partial charge in [-0.3, -0.25) is 9.88 Å². The van der Waals surface area contributed by atoms with E-state index < -0.39 is 0 Å². The van der Waals surface area contributed by atoms with Crippen LogP contribution in [0.25, 0.3) is 17.3 Å². The summed E-state index contributed by atoms with van der Waals surface area (Å²) in [5, 5.41) is 0. The number of fused-ring (bicyclic) bond motifs is 3. The lowest BCUT2D eigenvalue weighted by atomic mass is 10.0. The molecule has 0 N–H and O–H groups in total. The second-order valence-corrected chi connectivity index (χ2v) is 12.1. The third-order valence-corrected chi connectivity index (χ3v) is 9.36. The van der Waals surface area contributed by atoms with Crippen LogP contribution < -0.4 is 4.90 Å². The van der Waals surface area contributed by atoms with Crippen LogP contribution in [0.4, 0.5) is 10.1 Å². The summed E-state index contributed by atoms with van der Waals surface area (Å²) < 4.78 is 13.7. The second-order valence-electron chi connectivity index (χ2n) is 9.81. The number of halogens is 3. The molecule has 1 atom stereocenters. The van der Waals surface area contributed by atoms with E-state index in [2.05, 4.69) is 48.9 Å². The molecule has 1 saturated heterocycles. The van der Waals surface area contributed by atoms with Crippen LogP contribution >= 0.6 is 46.4 Å². The molecule has 1 aliphatic carbocycles. The molecule has 5 rings (SSSR count). The van der Waals surface area contributed by atoms with Gasteiger partial charge in [0.2, 0.25) is 0 Å². The number of allylic oxidation sites excluding steroid dienone is 1. The molecule has 1 aromatic rings. The maximum atomic E-state index is 13.7. The molecule has 0 aromatic heterocycles. The number of aromatic nitrogens is 1. The molecular weight excluding hydrogens is 532 g/mol. The molecule has 0 radical (unpaired) electrons. The molecule has 4 aliphatic rings. The Hall–Kier alpha value is -1.44. The summed E-state index contributed by atoms with van der Waals surface area (Å²) in [5.74, 6) is 0.491. The highest BCUT2D eigenvalue weighted by Crippen LogP contribution is 2.56. The molecule has 1 unspecified atom stereocenters. The Bertz CT molecular complexity index is 1170. The number of aryl methyl sites for hydroxylation is 1. The fourth-order valence-electron chi connectivity index (χ4n) is 5.03. The Morgan fingerprint density at radius 2 is 1.92 bits per heavy atom. The zero-order valence-electron chi connectivity index (χ0n) is 20.9. The maximum absolute atomic E-state index is 13.7. The van der Waals surface area contributed by atoms with E-state index in [1.807, 2.05) is 46.0 Å². The van der Waals surface area contributed by atoms with Crippen molar-refractivity contribution in [3.63, 3.8) is 0 Å². The number of nitrogens with zero attached hydrogens (tertiary/aromatic N) is 3. The predicted octanol–water partition coefficient (Wildman–Crippen LogP) is 8.06. The van der Waals surface area contributed by atoms with E-state index in [1.54, 1.807) is 6.07 Å². The van der Waals surface area contributed by atoms with E-state index in [4.69, 9.17) is 4.98 Å². The summed E-state index contributed by atoms with van der Waals surface area (Å²) in [5.41, 5.74) is 6.08. The van der Waals surface area contributed by atoms with Gasteiger partial charge in [-0.1, -0.05) is 59.7 Å². The smallest absolute Gasteiger partial charge is 0.123 e. The Labute approximate surface area is 234 Å². The van der Waals surface area contributed by atoms with Crippen LogP contribution in [0.3, 0.4) is 0 Å². The van der Waals surface area contributed by atoms with Crippen molar-refractivity contribution in [3.8, 4) is 11.3 Å². The van der Waals surface area contributed by atoms with Gasteiger partial charge in [-0.2, -0.15) is 0 Å². The molecule has 0 saturated carbocycles. The van der Waals surface area contributed by atoms with Gasteiger partial charge in [-0.15, -0.1) is 24.8 Å². The van der Waals surface area contributed by atoms with Gasteiger partial charge in [0.15, 0.2) is 0 Å². The summed E-state index contributed by atoms with van der Waals surface area (Å²) in [7, 11) is 6.02. The number of hydrogen-bond acceptors (Lipinski definition) is 5. The average Bonchev–Trinajstić information content (AvgIpc) is 2.94. The molecule has 0 bridgehead atoms. The Morgan fingerprint density at radius 3 is 2.69 bits per heavy atom. The van der Waals surface area contributed by atoms with Crippen LogP contribution in [0.1, 0.15) is 37.8 Å². The van der Waals surface area contributed by atoms with Gasteiger partial charge in [-0.25, -0.2) is 4.39 Å².